The van der Waals surface area contributed by atoms with Crippen molar-refractivity contribution in [1.82, 2.24) is 0 Å². The molecule has 0 saturated heterocycles. The molecule has 0 radical (unpaired) electrons. The summed E-state index contributed by atoms with van der Waals surface area (Å²) in [4.78, 5) is 26.0. The number of hydrogen-bond acceptors (Lipinski definition) is 8. The average Bonchev–Trinajstić information content (AvgIpc) is 3.30. The first kappa shape index (κ1) is 22.2. The maximum absolute atomic E-state index is 13.8. The smallest absolute Gasteiger partial charge is 0.303 e. The second-order valence-electron chi connectivity index (χ2n) is 8.36. The number of ketones is 1. The van der Waals surface area contributed by atoms with Crippen molar-refractivity contribution < 1.29 is 38.0 Å². The van der Waals surface area contributed by atoms with E-state index >= 15 is 0 Å². The average molecular weight is 444 g/mol. The molecular weight excluding hydrogens is 416 g/mol. The monoisotopic (exact) mass is 444 g/mol. The zero-order valence-corrected chi connectivity index (χ0v) is 18.9. The first-order valence-corrected chi connectivity index (χ1v) is 10.4. The van der Waals surface area contributed by atoms with Gasteiger partial charge in [0.05, 0.1) is 14.2 Å². The summed E-state index contributed by atoms with van der Waals surface area (Å²) in [7, 11) is 4.45. The molecule has 1 aliphatic heterocycles. The Labute approximate surface area is 187 Å². The van der Waals surface area contributed by atoms with Crippen LogP contribution in [0.5, 0.6) is 17.2 Å². The van der Waals surface area contributed by atoms with E-state index in [1.165, 1.54) is 21.1 Å². The number of allylic oxidation sites excluding steroid dienone is 1. The van der Waals surface area contributed by atoms with Gasteiger partial charge in [0.2, 0.25) is 18.3 Å². The molecule has 1 aromatic rings. The molecule has 32 heavy (non-hydrogen) atoms. The molecule has 1 saturated carbocycles. The Hall–Kier alpha value is -3.00. The molecule has 0 spiro atoms. The first-order chi connectivity index (χ1) is 15.3. The predicted molar refractivity (Wildman–Crippen MR) is 114 cm³/mol. The number of esters is 1. The van der Waals surface area contributed by atoms with Gasteiger partial charge in [0.15, 0.2) is 22.9 Å². The number of ether oxygens (including phenoxy) is 6. The fourth-order valence-electron chi connectivity index (χ4n) is 5.76. The molecule has 0 amide bonds. The summed E-state index contributed by atoms with van der Waals surface area (Å²) in [6.45, 7) is 7.34. The van der Waals surface area contributed by atoms with Gasteiger partial charge in [-0.25, -0.2) is 0 Å². The van der Waals surface area contributed by atoms with Gasteiger partial charge in [-0.3, -0.25) is 9.59 Å². The van der Waals surface area contributed by atoms with Crippen LogP contribution in [0.25, 0.3) is 0 Å². The summed E-state index contributed by atoms with van der Waals surface area (Å²) in [6.07, 6.45) is 3.11. The maximum atomic E-state index is 13.8. The van der Waals surface area contributed by atoms with E-state index in [2.05, 4.69) is 6.58 Å². The number of carbonyl (C=O) groups excluding carboxylic acids is 2. The third-order valence-electron chi connectivity index (χ3n) is 7.05. The van der Waals surface area contributed by atoms with E-state index in [0.29, 0.717) is 23.7 Å². The zero-order valence-electron chi connectivity index (χ0n) is 18.9. The molecule has 8 heteroatoms. The topological polar surface area (TPSA) is 89.5 Å². The van der Waals surface area contributed by atoms with Gasteiger partial charge in [0.1, 0.15) is 6.10 Å². The van der Waals surface area contributed by atoms with Gasteiger partial charge >= 0.3 is 5.97 Å². The molecule has 4 rings (SSSR count). The summed E-state index contributed by atoms with van der Waals surface area (Å²) in [6, 6.07) is 3.65. The standard InChI is InChI=1S/C24H28O8/c1-7-8-23-11-18(28-5)21(26)24(29-6,22(23)32-14(3)25)19(13(23)2)15-9-16(27-4)20-17(10-15)30-12-31-20/h7,9-11,13,19,22H,1,8,12H2,2-6H3/t13-,19+,22+,23-,24-/m1/s1. The fraction of sp³-hybridized carbons (Fsp3) is 0.500. The number of Topliss-reactive ketones (excluding diaryl/α,β-unsaturated/α-hetero) is 1. The molecule has 0 N–H and O–H groups in total. The Kier molecular flexibility index (Phi) is 5.45. The molecular formula is C24H28O8. The highest BCUT2D eigenvalue weighted by atomic mass is 16.7. The number of hydrogen-bond donors (Lipinski definition) is 0. The van der Waals surface area contributed by atoms with Crippen LogP contribution < -0.4 is 14.2 Å². The van der Waals surface area contributed by atoms with Gasteiger partial charge in [0.25, 0.3) is 0 Å². The minimum atomic E-state index is -1.51. The Morgan fingerprint density at radius 2 is 2.00 bits per heavy atom. The molecule has 8 nitrogen and oxygen atoms in total. The largest absolute Gasteiger partial charge is 0.493 e. The molecule has 5 atom stereocenters. The minimum absolute atomic E-state index is 0.0789. The van der Waals surface area contributed by atoms with Crippen molar-refractivity contribution in [2.45, 2.75) is 37.9 Å². The lowest BCUT2D eigenvalue weighted by Gasteiger charge is -2.43. The number of rotatable bonds is 7. The third-order valence-corrected chi connectivity index (χ3v) is 7.05. The van der Waals surface area contributed by atoms with Crippen molar-refractivity contribution in [2.75, 3.05) is 28.1 Å². The highest BCUT2D eigenvalue weighted by molar-refractivity contribution is 6.04. The molecule has 2 aliphatic carbocycles. The van der Waals surface area contributed by atoms with Crippen molar-refractivity contribution in [3.63, 3.8) is 0 Å². The highest BCUT2D eigenvalue weighted by Gasteiger charge is 2.74. The molecule has 2 bridgehead atoms. The summed E-state index contributed by atoms with van der Waals surface area (Å²) < 4.78 is 34.0. The van der Waals surface area contributed by atoms with Crippen molar-refractivity contribution >= 4 is 11.8 Å². The van der Waals surface area contributed by atoms with Crippen LogP contribution in [0.3, 0.4) is 0 Å². The lowest BCUT2D eigenvalue weighted by molar-refractivity contribution is -0.181. The Balaban J connectivity index is 2.00. The van der Waals surface area contributed by atoms with Crippen molar-refractivity contribution in [3.8, 4) is 17.2 Å². The van der Waals surface area contributed by atoms with Crippen molar-refractivity contribution in [1.29, 1.82) is 0 Å². The summed E-state index contributed by atoms with van der Waals surface area (Å²) in [5, 5.41) is 0. The van der Waals surface area contributed by atoms with E-state index in [1.807, 2.05) is 19.1 Å². The maximum Gasteiger partial charge on any atom is 0.303 e. The van der Waals surface area contributed by atoms with Gasteiger partial charge < -0.3 is 28.4 Å². The molecule has 1 aromatic carbocycles. The van der Waals surface area contributed by atoms with Gasteiger partial charge in [0, 0.05) is 25.4 Å². The van der Waals surface area contributed by atoms with E-state index in [-0.39, 0.29) is 24.3 Å². The summed E-state index contributed by atoms with van der Waals surface area (Å²) in [5.74, 6) is 0.123. The fourth-order valence-corrected chi connectivity index (χ4v) is 5.76. The van der Waals surface area contributed by atoms with Crippen LogP contribution in [-0.2, 0) is 23.8 Å². The van der Waals surface area contributed by atoms with E-state index in [0.717, 1.165) is 5.56 Å². The number of fused-ring (bicyclic) bond motifs is 3. The van der Waals surface area contributed by atoms with Gasteiger partial charge in [-0.05, 0) is 36.1 Å². The second kappa shape index (κ2) is 7.85. The van der Waals surface area contributed by atoms with Crippen molar-refractivity contribution in [2.24, 2.45) is 11.3 Å². The van der Waals surface area contributed by atoms with Gasteiger partial charge in [-0.15, -0.1) is 6.58 Å². The molecule has 1 heterocycles. The Bertz CT molecular complexity index is 998. The van der Waals surface area contributed by atoms with Crippen LogP contribution in [-0.4, -0.2) is 51.6 Å². The van der Waals surface area contributed by atoms with Crippen LogP contribution in [0.15, 0.2) is 36.6 Å². The van der Waals surface area contributed by atoms with E-state index in [1.54, 1.807) is 19.3 Å². The Morgan fingerprint density at radius 3 is 2.59 bits per heavy atom. The van der Waals surface area contributed by atoms with Crippen LogP contribution in [0.4, 0.5) is 0 Å². The second-order valence-corrected chi connectivity index (χ2v) is 8.36. The lowest BCUT2D eigenvalue weighted by atomic mass is 9.69. The molecule has 3 aliphatic rings. The van der Waals surface area contributed by atoms with E-state index in [9.17, 15) is 9.59 Å². The SMILES string of the molecule is C=CC[C@@]12C=C(OC)C(=O)[C@](OC)([C@H](c3cc(OC)c4c(c3)OCO4)[C@H]1C)[C@H]2OC(C)=O. The molecule has 0 unspecified atom stereocenters. The van der Waals surface area contributed by atoms with E-state index in [4.69, 9.17) is 28.4 Å². The van der Waals surface area contributed by atoms with Crippen LogP contribution in [0.2, 0.25) is 0 Å². The van der Waals surface area contributed by atoms with Crippen molar-refractivity contribution in [3.05, 3.63) is 42.2 Å². The first-order valence-electron chi connectivity index (χ1n) is 10.4. The van der Waals surface area contributed by atoms with E-state index < -0.39 is 29.0 Å². The quantitative estimate of drug-likeness (QED) is 0.468. The highest BCUT2D eigenvalue weighted by Crippen LogP contribution is 2.65. The molecule has 0 aromatic heterocycles. The zero-order chi connectivity index (χ0) is 23.3. The van der Waals surface area contributed by atoms with Crippen LogP contribution in [0, 0.1) is 11.3 Å². The van der Waals surface area contributed by atoms with Crippen LogP contribution in [0.1, 0.15) is 31.7 Å². The molecule has 172 valence electrons. The number of methoxy groups -OCH3 is 3. The minimum Gasteiger partial charge on any atom is -0.493 e. The predicted octanol–water partition coefficient (Wildman–Crippen LogP) is 3.15. The summed E-state index contributed by atoms with van der Waals surface area (Å²) in [5.41, 5.74) is -1.52. The molecule has 1 fully saturated rings. The van der Waals surface area contributed by atoms with Gasteiger partial charge in [-0.1, -0.05) is 13.0 Å². The van der Waals surface area contributed by atoms with Gasteiger partial charge in [-0.2, -0.15) is 0 Å². The van der Waals surface area contributed by atoms with Crippen LogP contribution >= 0.6 is 0 Å². The normalized spacial score (nSPS) is 32.3. The Morgan fingerprint density at radius 1 is 1.25 bits per heavy atom. The summed E-state index contributed by atoms with van der Waals surface area (Å²) >= 11 is 0. The number of benzene rings is 1. The lowest BCUT2D eigenvalue weighted by Crippen LogP contribution is -2.59. The number of carbonyl (C=O) groups is 2. The third kappa shape index (κ3) is 2.78.